The van der Waals surface area contributed by atoms with E-state index in [1.807, 2.05) is 76.9 Å². The molecule has 3 N–H and O–H groups in total. The van der Waals surface area contributed by atoms with Crippen LogP contribution in [0.25, 0.3) is 0 Å². The number of carboxylic acid groups (broad SMARTS) is 2. The van der Waals surface area contributed by atoms with Crippen molar-refractivity contribution in [3.63, 3.8) is 0 Å². The molecule has 2 aromatic rings. The van der Waals surface area contributed by atoms with Gasteiger partial charge in [-0.3, -0.25) is 43.5 Å². The molecule has 0 unspecified atom stereocenters. The molecule has 83 heavy (non-hydrogen) atoms. The number of hydrogen-bond acceptors (Lipinski definition) is 16. The van der Waals surface area contributed by atoms with Crippen LogP contribution in [0.1, 0.15) is 160 Å². The molecule has 6 rings (SSSR count). The molecule has 4 aliphatic rings. The van der Waals surface area contributed by atoms with Crippen LogP contribution in [-0.4, -0.2) is 145 Å². The fourth-order valence-electron chi connectivity index (χ4n) is 10.7. The van der Waals surface area contributed by atoms with E-state index in [4.69, 9.17) is 28.4 Å². The Morgan fingerprint density at radius 2 is 1.17 bits per heavy atom. The Kier molecular flexibility index (Phi) is 23.6. The quantitative estimate of drug-likeness (QED) is 0.0457. The zero-order valence-electron chi connectivity index (χ0n) is 51.1. The first kappa shape index (κ1) is 67.1. The Bertz CT molecular complexity index is 2710. The van der Waals surface area contributed by atoms with Gasteiger partial charge < -0.3 is 44.0 Å². The minimum absolute atomic E-state index is 0.135. The minimum Gasteiger partial charge on any atom is -0.481 e. The number of amides is 2. The summed E-state index contributed by atoms with van der Waals surface area (Å²) in [4.78, 5) is 102. The molecule has 0 saturated carbocycles. The average Bonchev–Trinajstić information content (AvgIpc) is 3.80. The normalized spacial score (nSPS) is 19.4. The Morgan fingerprint density at radius 3 is 1.71 bits per heavy atom. The van der Waals surface area contributed by atoms with Gasteiger partial charge in [0.25, 0.3) is 0 Å². The number of nitrogens with one attached hydrogen (secondary N) is 1. The van der Waals surface area contributed by atoms with Crippen LogP contribution in [0.15, 0.2) is 36.4 Å². The number of unbranched alkanes of at least 4 members (excludes halogenated alkanes) is 1. The Balaban J connectivity index is 0.000000304. The molecule has 4 heterocycles. The van der Waals surface area contributed by atoms with Gasteiger partial charge in [0.05, 0.1) is 58.7 Å². The summed E-state index contributed by atoms with van der Waals surface area (Å²) < 4.78 is 31.9. The van der Waals surface area contributed by atoms with E-state index in [1.54, 1.807) is 30.6 Å². The minimum atomic E-state index is -1.00. The molecule has 458 valence electrons. The third-order valence-corrected chi connectivity index (χ3v) is 16.0. The lowest BCUT2D eigenvalue weighted by atomic mass is 9.79. The molecule has 2 saturated heterocycles. The standard InChI is InChI=1S/C32H44N2O8.C31H46N2O8/c1-31(2,3)25(28(36)37)16-27(35)41-20-32(4,5)14-9-8-11-21-12-10-13-22-17-34(19-24(21)22)30(39)42-23-15-26(29(38)40-7)33(6)18-23;1-30(2,3)24(27(35)36)15-26(34)40-19-31(4,5)13-8-7-10-20-11-9-12-21-17-33(18-23(20)21)29(38)41-22-14-25(32-16-22)28(37)39-6/h10,12-13,23,25-26H,9,14-20H2,1-7H3,(H,36,37);9,11-12,22,24-25,32H,7-8,10,13-19H2,1-6H3,(H,35,36)/t23-,25-,26+;22-,24-,25+/m11/s1. The first-order valence-electron chi connectivity index (χ1n) is 28.8. The fraction of sp³-hybridized carbons (Fsp3) is 0.651. The predicted molar refractivity (Wildman–Crippen MR) is 307 cm³/mol. The van der Waals surface area contributed by atoms with Crippen molar-refractivity contribution in [3.8, 4) is 11.8 Å². The summed E-state index contributed by atoms with van der Waals surface area (Å²) in [7, 11) is 4.50. The molecule has 20 heteroatoms. The van der Waals surface area contributed by atoms with E-state index in [0.717, 1.165) is 47.9 Å². The van der Waals surface area contributed by atoms with Gasteiger partial charge >= 0.3 is 48.0 Å². The second kappa shape index (κ2) is 29.2. The van der Waals surface area contributed by atoms with Crippen LogP contribution in [-0.2, 0) is 89.8 Å². The van der Waals surface area contributed by atoms with Gasteiger partial charge in [0.2, 0.25) is 0 Å². The van der Waals surface area contributed by atoms with Crippen molar-refractivity contribution in [3.05, 3.63) is 69.8 Å². The average molecular weight is 1160 g/mol. The smallest absolute Gasteiger partial charge is 0.410 e. The molecule has 0 spiro atoms. The number of fused-ring (bicyclic) bond motifs is 2. The van der Waals surface area contributed by atoms with Gasteiger partial charge in [0.15, 0.2) is 0 Å². The van der Waals surface area contributed by atoms with Gasteiger partial charge in [-0.25, -0.2) is 9.59 Å². The molecule has 6 atom stereocenters. The Morgan fingerprint density at radius 1 is 0.651 bits per heavy atom. The summed E-state index contributed by atoms with van der Waals surface area (Å²) in [6, 6.07) is 11.2. The van der Waals surface area contributed by atoms with E-state index in [-0.39, 0.29) is 67.1 Å². The molecular weight excluding hydrogens is 1070 g/mol. The van der Waals surface area contributed by atoms with Crippen molar-refractivity contribution < 1.29 is 77.0 Å². The Labute approximate surface area is 489 Å². The topological polar surface area (TPSA) is 254 Å². The van der Waals surface area contributed by atoms with E-state index >= 15 is 0 Å². The first-order valence-corrected chi connectivity index (χ1v) is 28.8. The van der Waals surface area contributed by atoms with Crippen LogP contribution < -0.4 is 5.32 Å². The number of carboxylic acids is 2. The zero-order chi connectivity index (χ0) is 61.6. The number of likely N-dealkylation sites (tertiary alicyclic amines) is 1. The van der Waals surface area contributed by atoms with Crippen LogP contribution in [0, 0.1) is 45.3 Å². The molecule has 0 aliphatic carbocycles. The molecule has 0 bridgehead atoms. The van der Waals surface area contributed by atoms with Gasteiger partial charge in [0.1, 0.15) is 24.3 Å². The van der Waals surface area contributed by atoms with Gasteiger partial charge in [-0.2, -0.15) is 0 Å². The highest BCUT2D eigenvalue weighted by Gasteiger charge is 2.40. The predicted octanol–water partition coefficient (Wildman–Crippen LogP) is 8.68. The van der Waals surface area contributed by atoms with Crippen molar-refractivity contribution in [2.75, 3.05) is 47.6 Å². The first-order chi connectivity index (χ1) is 38.8. The number of aliphatic carboxylic acids is 2. The van der Waals surface area contributed by atoms with Crippen molar-refractivity contribution >= 4 is 48.0 Å². The number of nitrogens with zero attached hydrogens (tertiary/aromatic N) is 3. The van der Waals surface area contributed by atoms with Crippen LogP contribution in [0.5, 0.6) is 0 Å². The van der Waals surface area contributed by atoms with Crippen LogP contribution >= 0.6 is 0 Å². The monoisotopic (exact) mass is 1160 g/mol. The van der Waals surface area contributed by atoms with Gasteiger partial charge in [-0.1, -0.05) is 118 Å². The molecule has 0 radical (unpaired) electrons. The maximum absolute atomic E-state index is 12.9. The van der Waals surface area contributed by atoms with E-state index in [2.05, 4.69) is 37.1 Å². The van der Waals surface area contributed by atoms with E-state index in [0.29, 0.717) is 65.0 Å². The highest BCUT2D eigenvalue weighted by molar-refractivity contribution is 5.80. The molecule has 2 amide bonds. The number of esters is 4. The molecule has 20 nitrogen and oxygen atoms in total. The zero-order valence-corrected chi connectivity index (χ0v) is 51.1. The number of benzene rings is 2. The van der Waals surface area contributed by atoms with Gasteiger partial charge in [-0.15, -0.1) is 0 Å². The van der Waals surface area contributed by atoms with Crippen molar-refractivity contribution in [1.29, 1.82) is 0 Å². The lowest BCUT2D eigenvalue weighted by molar-refractivity contribution is -0.156. The largest absolute Gasteiger partial charge is 0.481 e. The summed E-state index contributed by atoms with van der Waals surface area (Å²) in [6.07, 6.45) is 3.86. The number of methoxy groups -OCH3 is 2. The molecule has 0 aromatic heterocycles. The van der Waals surface area contributed by atoms with E-state index < -0.39 is 64.7 Å². The summed E-state index contributed by atoms with van der Waals surface area (Å²) in [6.45, 7) is 22.0. The summed E-state index contributed by atoms with van der Waals surface area (Å²) >= 11 is 0. The summed E-state index contributed by atoms with van der Waals surface area (Å²) in [5.41, 5.74) is 4.76. The number of hydrogen-bond donors (Lipinski definition) is 3. The molecule has 2 aromatic carbocycles. The third kappa shape index (κ3) is 20.0. The van der Waals surface area contributed by atoms with Crippen molar-refractivity contribution in [2.45, 2.75) is 184 Å². The van der Waals surface area contributed by atoms with Crippen LogP contribution in [0.3, 0.4) is 0 Å². The highest BCUT2D eigenvalue weighted by Crippen LogP contribution is 2.34. The van der Waals surface area contributed by atoms with Crippen LogP contribution in [0.2, 0.25) is 0 Å². The number of ether oxygens (including phenoxy) is 6. The SMILES string of the molecule is COC(=O)[C@@H]1C[C@@H](OC(=O)N2Cc3cccc(C#CCCC(C)(C)COC(=O)C[C@H](C(=O)O)C(C)(C)C)c3C2)CN1C.COC(=O)[C@@H]1C[C@@H](OC(=O)N2Cc3cccc(CCCCC(C)(C)COC(=O)C[C@H](C(=O)O)C(C)(C)C)c3C2)CN1. The highest BCUT2D eigenvalue weighted by atomic mass is 16.6. The number of likely N-dealkylation sites (N-methyl/N-ethyl adjacent to an activating group) is 1. The third-order valence-electron chi connectivity index (χ3n) is 16.0. The lowest BCUT2D eigenvalue weighted by Crippen LogP contribution is -2.33. The number of carbonyl (C=O) groups excluding carboxylic acids is 6. The number of aryl methyl sites for hydroxylation is 1. The second-order valence-electron chi connectivity index (χ2n) is 26.2. The molecular formula is C63H90N4O16. The number of carbonyl (C=O) groups is 8. The van der Waals surface area contributed by atoms with Gasteiger partial charge in [-0.05, 0) is 88.3 Å². The molecule has 4 aliphatic heterocycles. The second-order valence-corrected chi connectivity index (χ2v) is 26.2. The maximum Gasteiger partial charge on any atom is 0.410 e. The van der Waals surface area contributed by atoms with Crippen molar-refractivity contribution in [2.24, 2.45) is 33.5 Å². The van der Waals surface area contributed by atoms with Gasteiger partial charge in [0, 0.05) is 57.5 Å². The lowest BCUT2D eigenvalue weighted by Gasteiger charge is -2.28. The summed E-state index contributed by atoms with van der Waals surface area (Å²) in [5, 5.41) is 22.0. The van der Waals surface area contributed by atoms with E-state index in [1.165, 1.54) is 25.3 Å². The van der Waals surface area contributed by atoms with Crippen LogP contribution in [0.4, 0.5) is 9.59 Å². The van der Waals surface area contributed by atoms with E-state index in [9.17, 15) is 48.6 Å². The Hall–Kier alpha value is -6.72. The fourth-order valence-corrected chi connectivity index (χ4v) is 10.7. The number of rotatable bonds is 21. The maximum atomic E-state index is 12.9. The summed E-state index contributed by atoms with van der Waals surface area (Å²) in [5.74, 6) is 1.20. The molecule has 2 fully saturated rings. The van der Waals surface area contributed by atoms with Crippen molar-refractivity contribution in [1.82, 2.24) is 20.0 Å².